The van der Waals surface area contributed by atoms with Crippen LogP contribution in [0.25, 0.3) is 11.3 Å². The molecule has 3 heterocycles. The van der Waals surface area contributed by atoms with Crippen LogP contribution in [0.3, 0.4) is 0 Å². The average Bonchev–Trinajstić information content (AvgIpc) is 2.89. The Morgan fingerprint density at radius 2 is 1.40 bits per heavy atom. The highest BCUT2D eigenvalue weighted by molar-refractivity contribution is 5.69. The Kier molecular flexibility index (Phi) is 6.74. The van der Waals surface area contributed by atoms with E-state index < -0.39 is 11.7 Å². The average molecular weight is 486 g/mol. The van der Waals surface area contributed by atoms with Crippen molar-refractivity contribution in [2.24, 2.45) is 0 Å². The molecule has 5 rings (SSSR count). The van der Waals surface area contributed by atoms with Gasteiger partial charge >= 0.3 is 6.18 Å². The van der Waals surface area contributed by atoms with Crippen LogP contribution in [0.1, 0.15) is 5.56 Å². The molecule has 2 aliphatic rings. The fourth-order valence-corrected chi connectivity index (χ4v) is 4.21. The first kappa shape index (κ1) is 23.4. The standard InChI is InChI=1S/C25H26F3N5O2/c26-25(27,28)19-15-18(16-22(17-19)33-9-13-35-14-10-33)23-5-6-29-24(31-23)30-20-1-3-21(4-2-20)32-7-11-34-12-8-32/h1-6,15-17H,7-14H2,(H,29,30,31). The maximum Gasteiger partial charge on any atom is 0.416 e. The second-order valence-corrected chi connectivity index (χ2v) is 8.40. The van der Waals surface area contributed by atoms with Crippen LogP contribution in [-0.2, 0) is 15.7 Å². The van der Waals surface area contributed by atoms with E-state index in [1.54, 1.807) is 18.3 Å². The van der Waals surface area contributed by atoms with Gasteiger partial charge in [0.15, 0.2) is 0 Å². The first-order chi connectivity index (χ1) is 17.0. The number of anilines is 4. The van der Waals surface area contributed by atoms with E-state index in [1.165, 1.54) is 6.07 Å². The van der Waals surface area contributed by atoms with Crippen molar-refractivity contribution in [3.63, 3.8) is 0 Å². The number of alkyl halides is 3. The maximum absolute atomic E-state index is 13.7. The zero-order valence-electron chi connectivity index (χ0n) is 19.1. The summed E-state index contributed by atoms with van der Waals surface area (Å²) in [6.45, 7) is 5.17. The summed E-state index contributed by atoms with van der Waals surface area (Å²) in [4.78, 5) is 12.9. The molecule has 2 saturated heterocycles. The first-order valence-corrected chi connectivity index (χ1v) is 11.5. The van der Waals surface area contributed by atoms with Crippen molar-refractivity contribution in [2.45, 2.75) is 6.18 Å². The third kappa shape index (κ3) is 5.66. The Bertz CT molecular complexity index is 1140. The minimum Gasteiger partial charge on any atom is -0.378 e. The van der Waals surface area contributed by atoms with E-state index in [0.717, 1.165) is 30.5 Å². The van der Waals surface area contributed by atoms with E-state index in [2.05, 4.69) is 20.2 Å². The molecule has 0 bridgehead atoms. The Morgan fingerprint density at radius 1 is 0.771 bits per heavy atom. The molecule has 0 unspecified atom stereocenters. The molecular weight excluding hydrogens is 459 g/mol. The van der Waals surface area contributed by atoms with Crippen LogP contribution in [0.2, 0.25) is 0 Å². The summed E-state index contributed by atoms with van der Waals surface area (Å²) >= 11 is 0. The minimum absolute atomic E-state index is 0.312. The van der Waals surface area contributed by atoms with Gasteiger partial charge in [-0.3, -0.25) is 0 Å². The van der Waals surface area contributed by atoms with Gasteiger partial charge in [-0.05, 0) is 48.5 Å². The Labute approximate surface area is 201 Å². The van der Waals surface area contributed by atoms with E-state index in [4.69, 9.17) is 9.47 Å². The highest BCUT2D eigenvalue weighted by Crippen LogP contribution is 2.36. The van der Waals surface area contributed by atoms with E-state index in [1.807, 2.05) is 29.2 Å². The quantitative estimate of drug-likeness (QED) is 0.568. The predicted molar refractivity (Wildman–Crippen MR) is 128 cm³/mol. The number of hydrogen-bond donors (Lipinski definition) is 1. The number of rotatable bonds is 5. The lowest BCUT2D eigenvalue weighted by molar-refractivity contribution is -0.137. The summed E-state index contributed by atoms with van der Waals surface area (Å²) in [5.41, 5.74) is 2.49. The Hall–Kier alpha value is -3.37. The molecule has 2 fully saturated rings. The summed E-state index contributed by atoms with van der Waals surface area (Å²) in [7, 11) is 0. The van der Waals surface area contributed by atoms with Gasteiger partial charge in [-0.15, -0.1) is 0 Å². The number of ether oxygens (including phenoxy) is 2. The van der Waals surface area contributed by atoms with Gasteiger partial charge in [0, 0.05) is 55.0 Å². The van der Waals surface area contributed by atoms with Gasteiger partial charge in [0.1, 0.15) is 0 Å². The fraction of sp³-hybridized carbons (Fsp3) is 0.360. The largest absolute Gasteiger partial charge is 0.416 e. The summed E-state index contributed by atoms with van der Waals surface area (Å²) in [5, 5.41) is 3.15. The molecule has 0 saturated carbocycles. The fourth-order valence-electron chi connectivity index (χ4n) is 4.21. The van der Waals surface area contributed by atoms with Crippen molar-refractivity contribution >= 4 is 23.0 Å². The van der Waals surface area contributed by atoms with Crippen LogP contribution < -0.4 is 15.1 Å². The Balaban J connectivity index is 1.39. The number of nitrogens with one attached hydrogen (secondary N) is 1. The minimum atomic E-state index is -4.46. The van der Waals surface area contributed by atoms with Gasteiger partial charge in [0.05, 0.1) is 37.7 Å². The maximum atomic E-state index is 13.7. The normalized spacial score (nSPS) is 16.9. The molecule has 35 heavy (non-hydrogen) atoms. The molecule has 0 radical (unpaired) electrons. The lowest BCUT2D eigenvalue weighted by Crippen LogP contribution is -2.36. The number of nitrogens with zero attached hydrogens (tertiary/aromatic N) is 4. The third-order valence-corrected chi connectivity index (χ3v) is 6.07. The predicted octanol–water partition coefficient (Wildman–Crippen LogP) is 4.58. The van der Waals surface area contributed by atoms with E-state index in [-0.39, 0.29) is 0 Å². The van der Waals surface area contributed by atoms with Gasteiger partial charge in [-0.1, -0.05) is 0 Å². The molecule has 3 aromatic rings. The number of hydrogen-bond acceptors (Lipinski definition) is 7. The molecule has 2 aromatic carbocycles. The van der Waals surface area contributed by atoms with Crippen molar-refractivity contribution in [2.75, 3.05) is 67.7 Å². The van der Waals surface area contributed by atoms with Crippen LogP contribution in [0.4, 0.5) is 36.2 Å². The van der Waals surface area contributed by atoms with Crippen LogP contribution in [0.5, 0.6) is 0 Å². The molecule has 7 nitrogen and oxygen atoms in total. The van der Waals surface area contributed by atoms with Crippen LogP contribution in [0, 0.1) is 0 Å². The second kappa shape index (κ2) is 10.1. The van der Waals surface area contributed by atoms with Gasteiger partial charge in [-0.2, -0.15) is 13.2 Å². The summed E-state index contributed by atoms with van der Waals surface area (Å²) < 4.78 is 51.7. The van der Waals surface area contributed by atoms with Gasteiger partial charge in [-0.25, -0.2) is 9.97 Å². The zero-order valence-corrected chi connectivity index (χ0v) is 19.1. The zero-order chi connectivity index (χ0) is 24.3. The van der Waals surface area contributed by atoms with E-state index in [0.29, 0.717) is 62.4 Å². The van der Waals surface area contributed by atoms with Crippen molar-refractivity contribution < 1.29 is 22.6 Å². The van der Waals surface area contributed by atoms with Gasteiger partial charge < -0.3 is 24.6 Å². The summed E-state index contributed by atoms with van der Waals surface area (Å²) in [6, 6.07) is 13.6. The first-order valence-electron chi connectivity index (χ1n) is 11.5. The van der Waals surface area contributed by atoms with Crippen LogP contribution in [-0.4, -0.2) is 62.6 Å². The van der Waals surface area contributed by atoms with Crippen molar-refractivity contribution in [3.8, 4) is 11.3 Å². The molecule has 2 aliphatic heterocycles. The molecule has 0 aliphatic carbocycles. The van der Waals surface area contributed by atoms with E-state index in [9.17, 15) is 13.2 Å². The molecular formula is C25H26F3N5O2. The lowest BCUT2D eigenvalue weighted by atomic mass is 10.0. The second-order valence-electron chi connectivity index (χ2n) is 8.40. The third-order valence-electron chi connectivity index (χ3n) is 6.07. The highest BCUT2D eigenvalue weighted by atomic mass is 19.4. The number of aromatic nitrogens is 2. The topological polar surface area (TPSA) is 62.8 Å². The molecule has 0 atom stereocenters. The van der Waals surface area contributed by atoms with Crippen LogP contribution >= 0.6 is 0 Å². The number of halogens is 3. The summed E-state index contributed by atoms with van der Waals surface area (Å²) in [6.07, 6.45) is -2.92. The monoisotopic (exact) mass is 485 g/mol. The molecule has 1 aromatic heterocycles. The van der Waals surface area contributed by atoms with Crippen molar-refractivity contribution in [1.29, 1.82) is 0 Å². The highest BCUT2D eigenvalue weighted by Gasteiger charge is 2.32. The van der Waals surface area contributed by atoms with Gasteiger partial charge in [0.2, 0.25) is 5.95 Å². The van der Waals surface area contributed by atoms with Gasteiger partial charge in [0.25, 0.3) is 0 Å². The molecule has 10 heteroatoms. The molecule has 0 amide bonds. The number of morpholine rings is 2. The van der Waals surface area contributed by atoms with Crippen LogP contribution in [0.15, 0.2) is 54.7 Å². The van der Waals surface area contributed by atoms with Crippen molar-refractivity contribution in [3.05, 3.63) is 60.3 Å². The smallest absolute Gasteiger partial charge is 0.378 e. The SMILES string of the molecule is FC(F)(F)c1cc(-c2ccnc(Nc3ccc(N4CCOCC4)cc3)n2)cc(N2CCOCC2)c1. The Morgan fingerprint density at radius 3 is 2.03 bits per heavy atom. The van der Waals surface area contributed by atoms with Crippen molar-refractivity contribution in [1.82, 2.24) is 9.97 Å². The summed E-state index contributed by atoms with van der Waals surface area (Å²) in [5.74, 6) is 0.312. The number of benzene rings is 2. The van der Waals surface area contributed by atoms with E-state index >= 15 is 0 Å². The molecule has 1 N–H and O–H groups in total. The molecule has 184 valence electrons. The lowest BCUT2D eigenvalue weighted by Gasteiger charge is -2.29. The molecule has 0 spiro atoms.